The zero-order chi connectivity index (χ0) is 13.1. The lowest BCUT2D eigenvalue weighted by Gasteiger charge is -2.10. The van der Waals surface area contributed by atoms with Gasteiger partial charge in [0, 0.05) is 10.0 Å². The topological polar surface area (TPSA) is 25.2 Å². The van der Waals surface area contributed by atoms with Crippen LogP contribution in [0, 0.1) is 6.92 Å². The molecule has 1 N–H and O–H groups in total. The molecule has 1 unspecified atom stereocenters. The molecule has 18 heavy (non-hydrogen) atoms. The van der Waals surface area contributed by atoms with Crippen molar-refractivity contribution in [1.29, 1.82) is 0 Å². The molecule has 0 fully saturated rings. The van der Waals surface area contributed by atoms with Crippen molar-refractivity contribution in [3.05, 3.63) is 46.1 Å². The van der Waals surface area contributed by atoms with Gasteiger partial charge in [0.25, 0.3) is 0 Å². The van der Waals surface area contributed by atoms with Gasteiger partial charge in [-0.15, -0.1) is 0 Å². The summed E-state index contributed by atoms with van der Waals surface area (Å²) in [6.07, 6.45) is 1.01. The van der Waals surface area contributed by atoms with Gasteiger partial charge in [0.2, 0.25) is 0 Å². The molecule has 0 aliphatic rings. The molecule has 1 atom stereocenters. The van der Waals surface area contributed by atoms with E-state index in [1.54, 1.807) is 0 Å². The van der Waals surface area contributed by atoms with Gasteiger partial charge in [0.1, 0.15) is 11.5 Å². The molecule has 96 valence electrons. The van der Waals surface area contributed by atoms with Crippen molar-refractivity contribution in [2.75, 3.05) is 7.05 Å². The fourth-order valence-corrected chi connectivity index (χ4v) is 2.73. The average Bonchev–Trinajstić information content (AvgIpc) is 2.79. The summed E-state index contributed by atoms with van der Waals surface area (Å²) in [6, 6.07) is 10.7. The molecule has 1 aromatic heterocycles. The predicted molar refractivity (Wildman–Crippen MR) is 78.7 cm³/mol. The minimum Gasteiger partial charge on any atom is -0.459 e. The van der Waals surface area contributed by atoms with E-state index in [9.17, 15) is 0 Å². The quantitative estimate of drug-likeness (QED) is 0.886. The summed E-state index contributed by atoms with van der Waals surface area (Å²) >= 11 is 3.52. The molecule has 2 nitrogen and oxygen atoms in total. The van der Waals surface area contributed by atoms with E-state index < -0.39 is 0 Å². The van der Waals surface area contributed by atoms with Crippen LogP contribution >= 0.6 is 15.9 Å². The third-order valence-corrected chi connectivity index (χ3v) is 3.51. The first-order valence-corrected chi connectivity index (χ1v) is 6.98. The average molecular weight is 308 g/mol. The molecule has 0 aliphatic heterocycles. The maximum absolute atomic E-state index is 5.94. The monoisotopic (exact) mass is 307 g/mol. The van der Waals surface area contributed by atoms with Crippen LogP contribution in [-0.2, 0) is 0 Å². The Balaban J connectivity index is 2.34. The Morgan fingerprint density at radius 1 is 1.28 bits per heavy atom. The highest BCUT2D eigenvalue weighted by Crippen LogP contribution is 2.29. The fraction of sp³-hybridized carbons (Fsp3) is 0.333. The Labute approximate surface area is 117 Å². The van der Waals surface area contributed by atoms with Crippen LogP contribution in [0.1, 0.15) is 30.7 Å². The number of hydrogen-bond acceptors (Lipinski definition) is 2. The number of benzene rings is 1. The molecule has 1 heterocycles. The molecule has 0 radical (unpaired) electrons. The van der Waals surface area contributed by atoms with Gasteiger partial charge in [-0.2, -0.15) is 0 Å². The van der Waals surface area contributed by atoms with Crippen molar-refractivity contribution in [2.45, 2.75) is 26.3 Å². The number of furan rings is 1. The summed E-state index contributed by atoms with van der Waals surface area (Å²) in [7, 11) is 1.96. The third kappa shape index (κ3) is 2.85. The summed E-state index contributed by atoms with van der Waals surface area (Å²) in [6.45, 7) is 4.23. The van der Waals surface area contributed by atoms with E-state index in [-0.39, 0.29) is 6.04 Å². The lowest BCUT2D eigenvalue weighted by molar-refractivity contribution is 0.431. The Hall–Kier alpha value is -1.06. The van der Waals surface area contributed by atoms with Crippen LogP contribution in [-0.4, -0.2) is 7.05 Å². The number of nitrogens with one attached hydrogen (secondary N) is 1. The van der Waals surface area contributed by atoms with Gasteiger partial charge >= 0.3 is 0 Å². The van der Waals surface area contributed by atoms with E-state index in [0.29, 0.717) is 0 Å². The Morgan fingerprint density at radius 3 is 2.67 bits per heavy atom. The van der Waals surface area contributed by atoms with E-state index in [2.05, 4.69) is 59.4 Å². The van der Waals surface area contributed by atoms with E-state index in [0.717, 1.165) is 28.0 Å². The first kappa shape index (κ1) is 13.4. The number of rotatable bonds is 4. The van der Waals surface area contributed by atoms with Crippen molar-refractivity contribution < 1.29 is 4.42 Å². The first-order chi connectivity index (χ1) is 8.63. The van der Waals surface area contributed by atoms with Gasteiger partial charge in [-0.3, -0.25) is 0 Å². The number of halogens is 1. The molecule has 0 saturated carbocycles. The van der Waals surface area contributed by atoms with Crippen molar-refractivity contribution in [3.8, 4) is 11.3 Å². The van der Waals surface area contributed by atoms with Crippen LogP contribution in [0.5, 0.6) is 0 Å². The highest BCUT2D eigenvalue weighted by molar-refractivity contribution is 9.10. The second-order valence-electron chi connectivity index (χ2n) is 4.47. The summed E-state index contributed by atoms with van der Waals surface area (Å²) in [5.74, 6) is 1.91. The molecule has 1 aromatic carbocycles. The minimum absolute atomic E-state index is 0.284. The van der Waals surface area contributed by atoms with Crippen molar-refractivity contribution in [3.63, 3.8) is 0 Å². The molecule has 0 saturated heterocycles. The van der Waals surface area contributed by atoms with Gasteiger partial charge in [-0.1, -0.05) is 22.9 Å². The molecule has 0 aliphatic carbocycles. The van der Waals surface area contributed by atoms with E-state index >= 15 is 0 Å². The molecule has 2 rings (SSSR count). The minimum atomic E-state index is 0.284. The van der Waals surface area contributed by atoms with E-state index in [1.807, 2.05) is 13.1 Å². The van der Waals surface area contributed by atoms with Crippen LogP contribution in [0.15, 0.2) is 39.2 Å². The molecule has 2 aromatic rings. The Morgan fingerprint density at radius 2 is 2.06 bits per heavy atom. The highest BCUT2D eigenvalue weighted by atomic mass is 79.9. The Bertz CT molecular complexity index is 509. The van der Waals surface area contributed by atoms with Crippen LogP contribution in [0.2, 0.25) is 0 Å². The summed E-state index contributed by atoms with van der Waals surface area (Å²) < 4.78 is 7.02. The van der Waals surface area contributed by atoms with Crippen molar-refractivity contribution in [2.24, 2.45) is 0 Å². The molecular formula is C15H18BrNO. The zero-order valence-electron chi connectivity index (χ0n) is 11.0. The van der Waals surface area contributed by atoms with E-state index in [4.69, 9.17) is 4.42 Å². The van der Waals surface area contributed by atoms with E-state index in [1.165, 1.54) is 5.56 Å². The van der Waals surface area contributed by atoms with Crippen molar-refractivity contribution in [1.82, 2.24) is 5.32 Å². The second kappa shape index (κ2) is 5.72. The van der Waals surface area contributed by atoms with Gasteiger partial charge < -0.3 is 9.73 Å². The van der Waals surface area contributed by atoms with Crippen LogP contribution in [0.25, 0.3) is 11.3 Å². The lowest BCUT2D eigenvalue weighted by Crippen LogP contribution is -2.14. The zero-order valence-corrected chi connectivity index (χ0v) is 12.5. The SMILES string of the molecule is CCC(NC)c1ccc(-c2cc(C)cc(Br)c2)o1. The van der Waals surface area contributed by atoms with Crippen LogP contribution in [0.4, 0.5) is 0 Å². The van der Waals surface area contributed by atoms with Gasteiger partial charge in [-0.05, 0) is 56.3 Å². The lowest BCUT2D eigenvalue weighted by atomic mass is 10.1. The van der Waals surface area contributed by atoms with Crippen LogP contribution in [0.3, 0.4) is 0 Å². The molecular weight excluding hydrogens is 290 g/mol. The molecule has 0 spiro atoms. The normalized spacial score (nSPS) is 12.7. The second-order valence-corrected chi connectivity index (χ2v) is 5.38. The predicted octanol–water partition coefficient (Wildman–Crippen LogP) is 4.69. The highest BCUT2D eigenvalue weighted by Gasteiger charge is 2.12. The summed E-state index contributed by atoms with van der Waals surface area (Å²) in [5.41, 5.74) is 2.33. The molecule has 3 heteroatoms. The fourth-order valence-electron chi connectivity index (χ4n) is 2.12. The molecule has 0 bridgehead atoms. The van der Waals surface area contributed by atoms with Gasteiger partial charge in [-0.25, -0.2) is 0 Å². The standard InChI is InChI=1S/C15H18BrNO/c1-4-13(17-3)15-6-5-14(18-15)11-7-10(2)8-12(16)9-11/h5-9,13,17H,4H2,1-3H3. The van der Waals surface area contributed by atoms with Gasteiger partial charge in [0.05, 0.1) is 6.04 Å². The first-order valence-electron chi connectivity index (χ1n) is 6.18. The maximum Gasteiger partial charge on any atom is 0.134 e. The van der Waals surface area contributed by atoms with Gasteiger partial charge in [0.15, 0.2) is 0 Å². The summed E-state index contributed by atoms with van der Waals surface area (Å²) in [4.78, 5) is 0. The largest absolute Gasteiger partial charge is 0.459 e. The molecule has 0 amide bonds. The third-order valence-electron chi connectivity index (χ3n) is 3.05. The van der Waals surface area contributed by atoms with Crippen molar-refractivity contribution >= 4 is 15.9 Å². The maximum atomic E-state index is 5.94. The summed E-state index contributed by atoms with van der Waals surface area (Å²) in [5, 5.41) is 3.25. The Kier molecular flexibility index (Phi) is 4.25. The number of hydrogen-bond donors (Lipinski definition) is 1. The smallest absolute Gasteiger partial charge is 0.134 e. The van der Waals surface area contributed by atoms with Crippen LogP contribution < -0.4 is 5.32 Å². The number of aryl methyl sites for hydroxylation is 1.